The maximum atomic E-state index is 11.1. The van der Waals surface area contributed by atoms with Crippen molar-refractivity contribution in [3.05, 3.63) is 153 Å². The molecule has 228 valence electrons. The third-order valence-electron chi connectivity index (χ3n) is 6.05. The van der Waals surface area contributed by atoms with Gasteiger partial charge in [-0.3, -0.25) is 0 Å². The molecule has 0 spiro atoms. The van der Waals surface area contributed by atoms with E-state index in [9.17, 15) is 30.9 Å². The van der Waals surface area contributed by atoms with Crippen LogP contribution in [0.5, 0.6) is 0 Å². The largest absolute Gasteiger partial charge is 0.710 e. The number of hydrogen-bond acceptors (Lipinski definition) is 11. The van der Waals surface area contributed by atoms with Gasteiger partial charge < -0.3 is 26.0 Å². The third-order valence-corrected chi connectivity index (χ3v) is 6.05. The highest BCUT2D eigenvalue weighted by Gasteiger charge is 2.11. The summed E-state index contributed by atoms with van der Waals surface area (Å²) >= 11 is 0. The fraction of sp³-hybridized carbons (Fsp3) is 0. The van der Waals surface area contributed by atoms with Crippen LogP contribution in [0.1, 0.15) is 0 Å². The second-order valence-electron chi connectivity index (χ2n) is 8.98. The molecule has 0 aliphatic rings. The summed E-state index contributed by atoms with van der Waals surface area (Å²) in [5.41, 5.74) is 3.88. The lowest BCUT2D eigenvalue weighted by atomic mass is 10.3. The van der Waals surface area contributed by atoms with Gasteiger partial charge in [0.2, 0.25) is 15.2 Å². The normalized spacial score (nSPS) is 10.3. The molecule has 0 fully saturated rings. The van der Waals surface area contributed by atoms with Crippen LogP contribution in [-0.2, 0) is 0 Å². The molecule has 46 heavy (non-hydrogen) atoms. The lowest BCUT2D eigenvalue weighted by molar-refractivity contribution is -0.709. The topological polar surface area (TPSA) is 238 Å². The van der Waals surface area contributed by atoms with E-state index in [-0.39, 0.29) is 5.52 Å². The van der Waals surface area contributed by atoms with Gasteiger partial charge in [-0.25, -0.2) is 14.4 Å². The van der Waals surface area contributed by atoms with Crippen molar-refractivity contribution < 1.29 is 28.4 Å². The van der Waals surface area contributed by atoms with Gasteiger partial charge in [0.25, 0.3) is 11.0 Å². The van der Waals surface area contributed by atoms with E-state index in [0.29, 0.717) is 67.0 Å². The van der Waals surface area contributed by atoms with Crippen molar-refractivity contribution in [3.8, 4) is 0 Å². The first-order valence-corrected chi connectivity index (χ1v) is 13.1. The van der Waals surface area contributed by atoms with Crippen molar-refractivity contribution in [2.24, 2.45) is 0 Å². The van der Waals surface area contributed by atoms with E-state index in [1.807, 2.05) is 12.1 Å². The molecule has 0 amide bonds. The molecule has 0 aliphatic heterocycles. The number of aromatic amines is 1. The Labute approximate surface area is 256 Å². The number of benzene rings is 4. The SMILES string of the molecule is O=[n+]1c[n+]([O-])c2ccccc2[nH]1.[O-][n+]1cn[n+]([O-])c2ccccc21.[O-][n+]1cnnc2ccccc21.[O-][n+]1ncnc2ccccc21. The van der Waals surface area contributed by atoms with E-state index in [2.05, 4.69) is 30.5 Å². The second-order valence-corrected chi connectivity index (χ2v) is 8.98. The number of hydrogen-bond donors (Lipinski definition) is 1. The zero-order valence-corrected chi connectivity index (χ0v) is 23.4. The summed E-state index contributed by atoms with van der Waals surface area (Å²) in [6, 6.07) is 27.4. The van der Waals surface area contributed by atoms with Gasteiger partial charge >= 0.3 is 24.5 Å². The van der Waals surface area contributed by atoms with Crippen LogP contribution in [0.3, 0.4) is 0 Å². The molecule has 4 aromatic heterocycles. The van der Waals surface area contributed by atoms with Crippen molar-refractivity contribution in [1.29, 1.82) is 0 Å². The molecule has 18 heteroatoms. The highest BCUT2D eigenvalue weighted by Crippen LogP contribution is 2.04. The van der Waals surface area contributed by atoms with Crippen LogP contribution in [0, 0.1) is 30.9 Å². The zero-order chi connectivity index (χ0) is 32.5. The molecule has 18 nitrogen and oxygen atoms in total. The number of nitrogens with one attached hydrogen (secondary N) is 1. The Morgan fingerprint density at radius 2 is 1.11 bits per heavy atom. The first-order valence-electron chi connectivity index (χ1n) is 13.1. The minimum Gasteiger partial charge on any atom is -0.710 e. The Morgan fingerprint density at radius 1 is 0.543 bits per heavy atom. The fourth-order valence-corrected chi connectivity index (χ4v) is 3.96. The number of rotatable bonds is 0. The average Bonchev–Trinajstić information content (AvgIpc) is 3.08. The Bertz CT molecular complexity index is 2210. The predicted octanol–water partition coefficient (Wildman–Crippen LogP) is -0.256. The second kappa shape index (κ2) is 13.8. The van der Waals surface area contributed by atoms with Gasteiger partial charge in [-0.15, -0.1) is 9.83 Å². The molecule has 8 rings (SSSR count). The molecule has 1 N–H and O–H groups in total. The maximum Gasteiger partial charge on any atom is 0.497 e. The first kappa shape index (κ1) is 30.2. The summed E-state index contributed by atoms with van der Waals surface area (Å²) in [6.07, 6.45) is 4.22. The van der Waals surface area contributed by atoms with E-state index in [0.717, 1.165) is 19.0 Å². The standard InChI is InChI=1S/C7H6N3O2.C7H5N3O2.2C7H5N3O/c11-9-5-10(12)8-6-3-1-2-4-7(6)9;11-9-5-8-10(12)7-4-2-1-3-6(7)9;11-10-5-8-9-6-3-1-2-4-7(6)10;11-10-7-4-2-1-3-6(7)8-5-9-10/h1-5H,(H,8,12);1-5H;2*1-5H/q+1;;;. The highest BCUT2D eigenvalue weighted by molar-refractivity contribution is 5.70. The van der Waals surface area contributed by atoms with Crippen LogP contribution in [0.4, 0.5) is 0 Å². The number of fused-ring (bicyclic) bond motifs is 4. The minimum absolute atomic E-state index is 0.273. The summed E-state index contributed by atoms with van der Waals surface area (Å²) < 4.78 is 2.15. The molecule has 0 aliphatic carbocycles. The zero-order valence-electron chi connectivity index (χ0n) is 23.4. The first-order chi connectivity index (χ1) is 22.3. The van der Waals surface area contributed by atoms with Crippen LogP contribution < -0.4 is 28.4 Å². The maximum absolute atomic E-state index is 11.1. The van der Waals surface area contributed by atoms with Gasteiger partial charge in [-0.1, -0.05) is 48.5 Å². The van der Waals surface area contributed by atoms with Gasteiger partial charge in [0, 0.05) is 23.3 Å². The molecular formula is C28H21N12O6+. The Morgan fingerprint density at radius 3 is 1.80 bits per heavy atom. The summed E-state index contributed by atoms with van der Waals surface area (Å²) in [4.78, 5) is 15.6. The van der Waals surface area contributed by atoms with E-state index in [1.165, 1.54) is 6.33 Å². The van der Waals surface area contributed by atoms with Crippen molar-refractivity contribution in [2.45, 2.75) is 0 Å². The van der Waals surface area contributed by atoms with Crippen molar-refractivity contribution >= 4 is 44.1 Å². The molecule has 0 saturated carbocycles. The monoisotopic (exact) mass is 621 g/mol. The van der Waals surface area contributed by atoms with Crippen LogP contribution in [-0.4, -0.2) is 30.5 Å². The number of para-hydroxylation sites is 7. The summed E-state index contributed by atoms with van der Waals surface area (Å²) in [5.74, 6) is 0. The molecule has 0 bridgehead atoms. The van der Waals surface area contributed by atoms with Gasteiger partial charge in [-0.05, 0) is 40.3 Å². The molecule has 4 heterocycles. The van der Waals surface area contributed by atoms with Gasteiger partial charge in [0.1, 0.15) is 5.52 Å². The Balaban J connectivity index is 0.000000121. The number of H-pyrrole nitrogens is 1. The number of aromatic nitrogens is 12. The van der Waals surface area contributed by atoms with Gasteiger partial charge in [-0.2, -0.15) is 0 Å². The molecule has 8 aromatic rings. The highest BCUT2D eigenvalue weighted by atomic mass is 16.5. The third kappa shape index (κ3) is 7.03. The van der Waals surface area contributed by atoms with Crippen LogP contribution >= 0.6 is 0 Å². The van der Waals surface area contributed by atoms with Crippen molar-refractivity contribution in [3.63, 3.8) is 0 Å². The molecule has 0 radical (unpaired) electrons. The molecule has 0 atom stereocenters. The summed E-state index contributed by atoms with van der Waals surface area (Å²) in [5, 5.41) is 71.6. The van der Waals surface area contributed by atoms with Crippen molar-refractivity contribution in [1.82, 2.24) is 30.5 Å². The van der Waals surface area contributed by atoms with Crippen LogP contribution in [0.15, 0.2) is 122 Å². The minimum atomic E-state index is 0.273. The van der Waals surface area contributed by atoms with E-state index in [4.69, 9.17) is 0 Å². The lowest BCUT2D eigenvalue weighted by Gasteiger charge is -2.00. The van der Waals surface area contributed by atoms with Gasteiger partial charge in [0.05, 0.1) is 14.9 Å². The predicted molar refractivity (Wildman–Crippen MR) is 157 cm³/mol. The quantitative estimate of drug-likeness (QED) is 0.171. The van der Waals surface area contributed by atoms with Crippen molar-refractivity contribution in [2.75, 3.05) is 0 Å². The smallest absolute Gasteiger partial charge is 0.497 e. The van der Waals surface area contributed by atoms with E-state index < -0.39 is 0 Å². The molecule has 0 unspecified atom stereocenters. The van der Waals surface area contributed by atoms with Crippen LogP contribution in [0.25, 0.3) is 44.1 Å². The molecule has 4 aromatic carbocycles. The summed E-state index contributed by atoms with van der Waals surface area (Å²) in [6.45, 7) is 0. The molecule has 0 saturated heterocycles. The molecular weight excluding hydrogens is 600 g/mol. The summed E-state index contributed by atoms with van der Waals surface area (Å²) in [7, 11) is 0. The lowest BCUT2D eigenvalue weighted by Crippen LogP contribution is -2.40. The average molecular weight is 622 g/mol. The fourth-order valence-electron chi connectivity index (χ4n) is 3.96. The van der Waals surface area contributed by atoms with Gasteiger partial charge in [0.15, 0.2) is 22.9 Å². The van der Waals surface area contributed by atoms with E-state index >= 15 is 0 Å². The Hall–Kier alpha value is -7.24. The van der Waals surface area contributed by atoms with E-state index in [1.54, 1.807) is 84.9 Å². The van der Waals surface area contributed by atoms with Crippen LogP contribution in [0.2, 0.25) is 0 Å². The Kier molecular flexibility index (Phi) is 9.08. The number of nitrogens with zero attached hydrogens (tertiary/aromatic N) is 11.